The predicted octanol–water partition coefficient (Wildman–Crippen LogP) is 1.31. The average Bonchev–Trinajstić information content (AvgIpc) is 2.86. The lowest BCUT2D eigenvalue weighted by Crippen LogP contribution is -2.09. The number of carbonyl (C=O) groups is 1. The third kappa shape index (κ3) is 2.51. The molecule has 0 saturated heterocycles. The van der Waals surface area contributed by atoms with Crippen LogP contribution in [-0.4, -0.2) is 16.1 Å². The molecule has 15 heavy (non-hydrogen) atoms. The molecule has 0 bridgehead atoms. The molecule has 3 N–H and O–H groups in total. The molecule has 2 rings (SSSR count). The van der Waals surface area contributed by atoms with Crippen molar-refractivity contribution in [2.24, 2.45) is 5.73 Å². The Hall–Kier alpha value is -1.47. The highest BCUT2D eigenvalue weighted by molar-refractivity contribution is 7.13. The van der Waals surface area contributed by atoms with Gasteiger partial charge in [-0.15, -0.1) is 21.5 Å². The van der Waals surface area contributed by atoms with Gasteiger partial charge in [-0.05, 0) is 6.07 Å². The largest absolute Gasteiger partial charge is 0.366 e. The van der Waals surface area contributed by atoms with Crippen LogP contribution < -0.4 is 11.1 Å². The normalized spacial score (nSPS) is 10.1. The molecule has 0 aliphatic carbocycles. The van der Waals surface area contributed by atoms with Gasteiger partial charge >= 0.3 is 0 Å². The highest BCUT2D eigenvalue weighted by Gasteiger charge is 2.04. The van der Waals surface area contributed by atoms with E-state index in [9.17, 15) is 4.79 Å². The number of thiophene rings is 1. The summed E-state index contributed by atoms with van der Waals surface area (Å²) in [5.41, 5.74) is 7.35. The molecule has 2 heterocycles. The maximum atomic E-state index is 10.8. The van der Waals surface area contributed by atoms with Gasteiger partial charge in [-0.3, -0.25) is 4.79 Å². The van der Waals surface area contributed by atoms with Crippen LogP contribution >= 0.6 is 22.7 Å². The molecule has 0 radical (unpaired) electrons. The highest BCUT2D eigenvalue weighted by Crippen LogP contribution is 2.16. The second-order valence-corrected chi connectivity index (χ2v) is 4.59. The summed E-state index contributed by atoms with van der Waals surface area (Å²) in [7, 11) is 0. The molecule has 5 nitrogen and oxygen atoms in total. The molecule has 0 aliphatic heterocycles. The van der Waals surface area contributed by atoms with Crippen molar-refractivity contribution in [3.63, 3.8) is 0 Å². The van der Waals surface area contributed by atoms with E-state index in [1.54, 1.807) is 17.0 Å². The molecule has 2 aromatic rings. The fourth-order valence-electron chi connectivity index (χ4n) is 1.02. The van der Waals surface area contributed by atoms with E-state index in [0.717, 1.165) is 10.0 Å². The number of amides is 1. The number of nitrogens with zero attached hydrogens (tertiary/aromatic N) is 2. The van der Waals surface area contributed by atoms with Crippen LogP contribution in [0.5, 0.6) is 0 Å². The summed E-state index contributed by atoms with van der Waals surface area (Å²) >= 11 is 2.93. The molecule has 1 amide bonds. The zero-order valence-corrected chi connectivity index (χ0v) is 9.27. The van der Waals surface area contributed by atoms with Gasteiger partial charge in [-0.1, -0.05) is 11.3 Å². The quantitative estimate of drug-likeness (QED) is 0.844. The Bertz CT molecular complexity index is 451. The number of rotatable bonds is 4. The minimum atomic E-state index is -0.395. The maximum Gasteiger partial charge on any atom is 0.249 e. The van der Waals surface area contributed by atoms with Crippen LogP contribution in [-0.2, 0) is 6.54 Å². The number of anilines is 1. The van der Waals surface area contributed by atoms with E-state index >= 15 is 0 Å². The SMILES string of the molecule is NC(=O)c1csc(CNc2nncs2)c1. The molecular weight excluding hydrogens is 232 g/mol. The minimum Gasteiger partial charge on any atom is -0.366 e. The predicted molar refractivity (Wildman–Crippen MR) is 60.1 cm³/mol. The van der Waals surface area contributed by atoms with Gasteiger partial charge < -0.3 is 11.1 Å². The van der Waals surface area contributed by atoms with Crippen LogP contribution in [0.4, 0.5) is 5.13 Å². The first-order chi connectivity index (χ1) is 7.25. The molecule has 2 aromatic heterocycles. The number of hydrogen-bond donors (Lipinski definition) is 2. The highest BCUT2D eigenvalue weighted by atomic mass is 32.1. The van der Waals surface area contributed by atoms with Gasteiger partial charge in [0.05, 0.1) is 12.1 Å². The van der Waals surface area contributed by atoms with Gasteiger partial charge in [0.2, 0.25) is 11.0 Å². The summed E-state index contributed by atoms with van der Waals surface area (Å²) in [6.45, 7) is 0.632. The Morgan fingerprint density at radius 3 is 3.00 bits per heavy atom. The van der Waals surface area contributed by atoms with Crippen molar-refractivity contribution >= 4 is 33.7 Å². The minimum absolute atomic E-state index is 0.395. The summed E-state index contributed by atoms with van der Waals surface area (Å²) in [5, 5.41) is 13.2. The van der Waals surface area contributed by atoms with Crippen LogP contribution in [0.1, 0.15) is 15.2 Å². The summed E-state index contributed by atoms with van der Waals surface area (Å²) < 4.78 is 0. The zero-order valence-electron chi connectivity index (χ0n) is 7.64. The number of primary amides is 1. The topological polar surface area (TPSA) is 80.9 Å². The summed E-state index contributed by atoms with van der Waals surface area (Å²) in [5.74, 6) is -0.395. The summed E-state index contributed by atoms with van der Waals surface area (Å²) in [6.07, 6.45) is 0. The van der Waals surface area contributed by atoms with E-state index in [1.165, 1.54) is 22.7 Å². The molecule has 0 unspecified atom stereocenters. The van der Waals surface area contributed by atoms with Crippen molar-refractivity contribution in [1.29, 1.82) is 0 Å². The van der Waals surface area contributed by atoms with Crippen molar-refractivity contribution in [3.8, 4) is 0 Å². The smallest absolute Gasteiger partial charge is 0.249 e. The van der Waals surface area contributed by atoms with Gasteiger partial charge in [0.15, 0.2) is 0 Å². The fourth-order valence-corrected chi connectivity index (χ4v) is 2.27. The van der Waals surface area contributed by atoms with Crippen LogP contribution in [0, 0.1) is 0 Å². The molecule has 0 fully saturated rings. The first-order valence-corrected chi connectivity index (χ1v) is 5.89. The first-order valence-electron chi connectivity index (χ1n) is 4.13. The van der Waals surface area contributed by atoms with Gasteiger partial charge in [0.25, 0.3) is 0 Å². The van der Waals surface area contributed by atoms with Crippen molar-refractivity contribution < 1.29 is 4.79 Å². The van der Waals surface area contributed by atoms with Gasteiger partial charge in [0.1, 0.15) is 5.51 Å². The Kier molecular flexibility index (Phi) is 2.93. The number of carbonyl (C=O) groups excluding carboxylic acids is 1. The average molecular weight is 240 g/mol. The summed E-state index contributed by atoms with van der Waals surface area (Å²) in [6, 6.07) is 1.78. The number of aromatic nitrogens is 2. The second-order valence-electron chi connectivity index (χ2n) is 2.76. The number of nitrogens with one attached hydrogen (secondary N) is 1. The van der Waals surface area contributed by atoms with E-state index in [-0.39, 0.29) is 0 Å². The first kappa shape index (κ1) is 10.1. The van der Waals surface area contributed by atoms with Gasteiger partial charge in [-0.25, -0.2) is 0 Å². The van der Waals surface area contributed by atoms with Crippen LogP contribution in [0.3, 0.4) is 0 Å². The molecular formula is C8H8N4OS2. The third-order valence-corrected chi connectivity index (χ3v) is 3.30. The van der Waals surface area contributed by atoms with Crippen molar-refractivity contribution in [3.05, 3.63) is 27.4 Å². The van der Waals surface area contributed by atoms with Gasteiger partial charge in [0, 0.05) is 10.3 Å². The third-order valence-electron chi connectivity index (χ3n) is 1.71. The van der Waals surface area contributed by atoms with E-state index in [2.05, 4.69) is 15.5 Å². The molecule has 0 saturated carbocycles. The van der Waals surface area contributed by atoms with Crippen LogP contribution in [0.15, 0.2) is 17.0 Å². The van der Waals surface area contributed by atoms with E-state index in [0.29, 0.717) is 12.1 Å². The number of hydrogen-bond acceptors (Lipinski definition) is 6. The Labute approximate surface area is 94.0 Å². The Morgan fingerprint density at radius 1 is 1.53 bits per heavy atom. The molecule has 78 valence electrons. The summed E-state index contributed by atoms with van der Waals surface area (Å²) in [4.78, 5) is 11.9. The standard InChI is InChI=1S/C8H8N4OS2/c9-7(13)5-1-6(14-3-5)2-10-8-12-11-4-15-8/h1,3-4H,2H2,(H2,9,13)(H,10,12). The molecule has 0 atom stereocenters. The lowest BCUT2D eigenvalue weighted by atomic mass is 10.3. The monoisotopic (exact) mass is 240 g/mol. The molecule has 0 spiro atoms. The second kappa shape index (κ2) is 4.37. The maximum absolute atomic E-state index is 10.8. The van der Waals surface area contributed by atoms with Crippen molar-refractivity contribution in [1.82, 2.24) is 10.2 Å². The molecule has 7 heteroatoms. The van der Waals surface area contributed by atoms with E-state index in [1.807, 2.05) is 0 Å². The Morgan fingerprint density at radius 2 is 2.40 bits per heavy atom. The lowest BCUT2D eigenvalue weighted by molar-refractivity contribution is 0.100. The zero-order chi connectivity index (χ0) is 10.7. The van der Waals surface area contributed by atoms with Crippen molar-refractivity contribution in [2.75, 3.05) is 5.32 Å². The number of nitrogens with two attached hydrogens (primary N) is 1. The fraction of sp³-hybridized carbons (Fsp3) is 0.125. The van der Waals surface area contributed by atoms with Crippen molar-refractivity contribution in [2.45, 2.75) is 6.54 Å². The molecule has 0 aliphatic rings. The van der Waals surface area contributed by atoms with Crippen LogP contribution in [0.2, 0.25) is 0 Å². The van der Waals surface area contributed by atoms with E-state index < -0.39 is 5.91 Å². The van der Waals surface area contributed by atoms with Gasteiger partial charge in [-0.2, -0.15) is 0 Å². The van der Waals surface area contributed by atoms with E-state index in [4.69, 9.17) is 5.73 Å². The molecule has 0 aromatic carbocycles. The van der Waals surface area contributed by atoms with Crippen LogP contribution in [0.25, 0.3) is 0 Å². The lowest BCUT2D eigenvalue weighted by Gasteiger charge is -1.97. The Balaban J connectivity index is 1.96.